The zero-order valence-electron chi connectivity index (χ0n) is 10.1. The molecule has 0 unspecified atom stereocenters. The fraction of sp³-hybridized carbons (Fsp3) is 0.133. The Hall–Kier alpha value is -1.92. The lowest BCUT2D eigenvalue weighted by Gasteiger charge is -2.05. The average Bonchev–Trinajstić information content (AvgIpc) is 2.45. The fourth-order valence-corrected chi connectivity index (χ4v) is 2.50. The van der Waals surface area contributed by atoms with Gasteiger partial charge in [-0.15, -0.1) is 11.8 Å². The quantitative estimate of drug-likeness (QED) is 0.778. The smallest absolute Gasteiger partial charge is 0.136 e. The van der Waals surface area contributed by atoms with E-state index in [9.17, 15) is 0 Å². The topological polar surface area (TPSA) is 33.0 Å². The molecule has 0 saturated heterocycles. The fourth-order valence-electron chi connectivity index (χ4n) is 1.61. The van der Waals surface area contributed by atoms with E-state index in [2.05, 4.69) is 18.2 Å². The predicted octanol–water partition coefficient (Wildman–Crippen LogP) is 3.86. The SMILES string of the molecule is COc1ccc(SCc2ccccc2)cc1C#N. The molecule has 0 fully saturated rings. The lowest BCUT2D eigenvalue weighted by molar-refractivity contribution is 0.413. The van der Waals surface area contributed by atoms with Crippen LogP contribution in [-0.2, 0) is 5.75 Å². The van der Waals surface area contributed by atoms with Crippen LogP contribution in [0.4, 0.5) is 0 Å². The van der Waals surface area contributed by atoms with Crippen molar-refractivity contribution in [3.63, 3.8) is 0 Å². The number of hydrogen-bond acceptors (Lipinski definition) is 3. The van der Waals surface area contributed by atoms with Gasteiger partial charge in [0.25, 0.3) is 0 Å². The van der Waals surface area contributed by atoms with Crippen LogP contribution in [0.2, 0.25) is 0 Å². The summed E-state index contributed by atoms with van der Waals surface area (Å²) in [5.41, 5.74) is 1.85. The van der Waals surface area contributed by atoms with E-state index in [1.807, 2.05) is 36.4 Å². The Morgan fingerprint density at radius 1 is 1.17 bits per heavy atom. The van der Waals surface area contributed by atoms with Crippen LogP contribution in [-0.4, -0.2) is 7.11 Å². The minimum atomic E-state index is 0.579. The number of methoxy groups -OCH3 is 1. The molecule has 0 atom stereocenters. The van der Waals surface area contributed by atoms with Crippen LogP contribution in [0.15, 0.2) is 53.4 Å². The normalized spacial score (nSPS) is 9.78. The summed E-state index contributed by atoms with van der Waals surface area (Å²) in [6.45, 7) is 0. The van der Waals surface area contributed by atoms with E-state index in [0.29, 0.717) is 11.3 Å². The lowest BCUT2D eigenvalue weighted by Crippen LogP contribution is -1.88. The van der Waals surface area contributed by atoms with Crippen LogP contribution in [0.5, 0.6) is 5.75 Å². The molecule has 0 radical (unpaired) electrons. The van der Waals surface area contributed by atoms with Gasteiger partial charge in [0.1, 0.15) is 11.8 Å². The van der Waals surface area contributed by atoms with Gasteiger partial charge in [0.15, 0.2) is 0 Å². The first-order valence-corrected chi connectivity index (χ1v) is 6.57. The zero-order valence-corrected chi connectivity index (χ0v) is 10.9. The van der Waals surface area contributed by atoms with E-state index in [0.717, 1.165) is 10.6 Å². The number of nitriles is 1. The Kier molecular flexibility index (Phi) is 4.27. The number of rotatable bonds is 4. The van der Waals surface area contributed by atoms with Gasteiger partial charge < -0.3 is 4.74 Å². The van der Waals surface area contributed by atoms with Gasteiger partial charge in [-0.05, 0) is 23.8 Å². The largest absolute Gasteiger partial charge is 0.495 e. The molecule has 0 spiro atoms. The molecule has 0 N–H and O–H groups in total. The molecule has 0 aliphatic carbocycles. The monoisotopic (exact) mass is 255 g/mol. The van der Waals surface area contributed by atoms with Crippen LogP contribution in [0.25, 0.3) is 0 Å². The highest BCUT2D eigenvalue weighted by Gasteiger charge is 2.04. The Bertz CT molecular complexity index is 560. The molecule has 3 heteroatoms. The average molecular weight is 255 g/mol. The highest BCUT2D eigenvalue weighted by Crippen LogP contribution is 2.27. The first-order valence-electron chi connectivity index (χ1n) is 5.58. The van der Waals surface area contributed by atoms with E-state index >= 15 is 0 Å². The van der Waals surface area contributed by atoms with Gasteiger partial charge in [0, 0.05) is 10.6 Å². The molecule has 0 bridgehead atoms. The maximum Gasteiger partial charge on any atom is 0.136 e. The molecule has 0 heterocycles. The van der Waals surface area contributed by atoms with Gasteiger partial charge in [0.05, 0.1) is 12.7 Å². The second kappa shape index (κ2) is 6.13. The first-order chi connectivity index (χ1) is 8.83. The summed E-state index contributed by atoms with van der Waals surface area (Å²) in [5.74, 6) is 1.53. The Balaban J connectivity index is 2.09. The molecule has 18 heavy (non-hydrogen) atoms. The highest BCUT2D eigenvalue weighted by atomic mass is 32.2. The van der Waals surface area contributed by atoms with Crippen molar-refractivity contribution >= 4 is 11.8 Å². The van der Waals surface area contributed by atoms with Crippen molar-refractivity contribution in [3.05, 3.63) is 59.7 Å². The molecule has 2 rings (SSSR count). The summed E-state index contributed by atoms with van der Waals surface area (Å²) in [7, 11) is 1.58. The van der Waals surface area contributed by atoms with Crippen LogP contribution in [0.1, 0.15) is 11.1 Å². The Morgan fingerprint density at radius 3 is 2.61 bits per heavy atom. The van der Waals surface area contributed by atoms with Gasteiger partial charge in [-0.2, -0.15) is 5.26 Å². The molecule has 2 aromatic carbocycles. The molecular weight excluding hydrogens is 242 g/mol. The van der Waals surface area contributed by atoms with Crippen molar-refractivity contribution in [2.75, 3.05) is 7.11 Å². The van der Waals surface area contributed by atoms with E-state index in [1.54, 1.807) is 18.9 Å². The number of nitrogens with zero attached hydrogens (tertiary/aromatic N) is 1. The summed E-state index contributed by atoms with van der Waals surface area (Å²) in [5, 5.41) is 9.02. The molecule has 90 valence electrons. The zero-order chi connectivity index (χ0) is 12.8. The van der Waals surface area contributed by atoms with Crippen molar-refractivity contribution in [2.45, 2.75) is 10.6 Å². The number of benzene rings is 2. The molecule has 2 nitrogen and oxygen atoms in total. The van der Waals surface area contributed by atoms with E-state index < -0.39 is 0 Å². The van der Waals surface area contributed by atoms with Crippen LogP contribution >= 0.6 is 11.8 Å². The van der Waals surface area contributed by atoms with Crippen LogP contribution in [0.3, 0.4) is 0 Å². The molecular formula is C15H13NOS. The van der Waals surface area contributed by atoms with E-state index in [4.69, 9.17) is 10.00 Å². The first kappa shape index (κ1) is 12.5. The predicted molar refractivity (Wildman–Crippen MR) is 73.7 cm³/mol. The molecule has 0 aliphatic rings. The third kappa shape index (κ3) is 3.06. The number of thioether (sulfide) groups is 1. The third-order valence-electron chi connectivity index (χ3n) is 2.54. The maximum atomic E-state index is 9.02. The van der Waals surface area contributed by atoms with Crippen molar-refractivity contribution in [2.24, 2.45) is 0 Å². The molecule has 0 saturated carbocycles. The standard InChI is InChI=1S/C15H13NOS/c1-17-15-8-7-14(9-13(15)10-16)18-11-12-5-3-2-4-6-12/h2-9H,11H2,1H3. The number of ether oxygens (including phenoxy) is 1. The molecule has 0 amide bonds. The summed E-state index contributed by atoms with van der Waals surface area (Å²) < 4.78 is 5.12. The second-order valence-corrected chi connectivity index (χ2v) is 4.80. The van der Waals surface area contributed by atoms with Crippen LogP contribution in [0, 0.1) is 11.3 Å². The van der Waals surface area contributed by atoms with Crippen molar-refractivity contribution < 1.29 is 4.74 Å². The third-order valence-corrected chi connectivity index (χ3v) is 3.60. The minimum absolute atomic E-state index is 0.579. The van der Waals surface area contributed by atoms with Gasteiger partial charge in [-0.25, -0.2) is 0 Å². The molecule has 0 aromatic heterocycles. The van der Waals surface area contributed by atoms with Gasteiger partial charge in [-0.1, -0.05) is 30.3 Å². The maximum absolute atomic E-state index is 9.02. The number of hydrogen-bond donors (Lipinski definition) is 0. The van der Waals surface area contributed by atoms with Crippen molar-refractivity contribution in [3.8, 4) is 11.8 Å². The summed E-state index contributed by atoms with van der Waals surface area (Å²) >= 11 is 1.72. The summed E-state index contributed by atoms with van der Waals surface area (Å²) in [4.78, 5) is 1.08. The van der Waals surface area contributed by atoms with Crippen molar-refractivity contribution in [1.82, 2.24) is 0 Å². The summed E-state index contributed by atoms with van der Waals surface area (Å²) in [6.07, 6.45) is 0. The van der Waals surface area contributed by atoms with Crippen LogP contribution < -0.4 is 4.74 Å². The summed E-state index contributed by atoms with van der Waals surface area (Å²) in [6, 6.07) is 18.1. The second-order valence-electron chi connectivity index (χ2n) is 3.75. The minimum Gasteiger partial charge on any atom is -0.495 e. The van der Waals surface area contributed by atoms with E-state index in [-0.39, 0.29) is 0 Å². The highest BCUT2D eigenvalue weighted by molar-refractivity contribution is 7.98. The lowest BCUT2D eigenvalue weighted by atomic mass is 10.2. The van der Waals surface area contributed by atoms with Gasteiger partial charge >= 0.3 is 0 Å². The van der Waals surface area contributed by atoms with E-state index in [1.165, 1.54) is 5.56 Å². The van der Waals surface area contributed by atoms with Gasteiger partial charge in [0.2, 0.25) is 0 Å². The van der Waals surface area contributed by atoms with Crippen molar-refractivity contribution in [1.29, 1.82) is 5.26 Å². The Morgan fingerprint density at radius 2 is 1.94 bits per heavy atom. The molecule has 2 aromatic rings. The van der Waals surface area contributed by atoms with Gasteiger partial charge in [-0.3, -0.25) is 0 Å². The Labute approximate surface area is 111 Å². The molecule has 0 aliphatic heterocycles.